The monoisotopic (exact) mass is 481 g/mol. The molecule has 3 saturated heterocycles. The molecule has 3 aliphatic rings. The molecule has 3 heterocycles. The molecule has 0 radical (unpaired) electrons. The van der Waals surface area contributed by atoms with Crippen molar-refractivity contribution in [2.45, 2.75) is 54.9 Å². The maximum absolute atomic E-state index is 10.2. The van der Waals surface area contributed by atoms with Gasteiger partial charge in [0.2, 0.25) is 0 Å². The summed E-state index contributed by atoms with van der Waals surface area (Å²) in [5.74, 6) is 0. The number of rotatable bonds is 9. The third-order valence-corrected chi connectivity index (χ3v) is 9.52. The Labute approximate surface area is 175 Å². The van der Waals surface area contributed by atoms with Gasteiger partial charge in [0.25, 0.3) is 0 Å². The van der Waals surface area contributed by atoms with Gasteiger partial charge in [-0.15, -0.1) is 0 Å². The Balaban J connectivity index is 2.17. The minimum absolute atomic E-state index is 0.833. The fourth-order valence-corrected chi connectivity index (χ4v) is 9.29. The number of aliphatic hydroxyl groups excluding tert-OH is 9. The first kappa shape index (κ1) is 25.5. The molecule has 186 valence electrons. The van der Waals surface area contributed by atoms with Crippen LogP contribution in [0.3, 0.4) is 0 Å². The van der Waals surface area contributed by atoms with Gasteiger partial charge in [-0.25, -0.2) is 0 Å². The second-order valence-corrected chi connectivity index (χ2v) is 11.1. The second-order valence-electron chi connectivity index (χ2n) is 7.56. The number of hydrogen-bond donors (Lipinski definition) is 9. The molecule has 1 spiro atoms. The van der Waals surface area contributed by atoms with Crippen LogP contribution in [0, 0.1) is 0 Å². The molecule has 0 amide bonds. The molecule has 0 aliphatic carbocycles. The molecule has 9 atom stereocenters. The first-order valence-electron chi connectivity index (χ1n) is 9.63. The summed E-state index contributed by atoms with van der Waals surface area (Å²) in [6.07, 6.45) is -14.3. The molecular weight excluding hydrogens is 451 g/mol. The molecule has 31 heavy (non-hydrogen) atoms. The molecule has 3 rings (SSSR count). The van der Waals surface area contributed by atoms with Gasteiger partial charge in [0.05, 0.1) is 0 Å². The van der Waals surface area contributed by atoms with Gasteiger partial charge in [0, 0.05) is 0 Å². The number of hydrogen-bond acceptors (Lipinski definition) is 15. The summed E-state index contributed by atoms with van der Waals surface area (Å²) in [4.78, 5) is 0. The first-order valence-corrected chi connectivity index (χ1v) is 11.8. The molecular formula is C15H30O15P-. The van der Waals surface area contributed by atoms with E-state index in [-0.39, 0.29) is 0 Å². The van der Waals surface area contributed by atoms with Gasteiger partial charge in [0.15, 0.2) is 0 Å². The van der Waals surface area contributed by atoms with Crippen molar-refractivity contribution in [3.8, 4) is 0 Å². The second kappa shape index (κ2) is 8.56. The predicted molar refractivity (Wildman–Crippen MR) is 96.7 cm³/mol. The summed E-state index contributed by atoms with van der Waals surface area (Å²) < 4.78 is 34.5. The molecule has 9 unspecified atom stereocenters. The van der Waals surface area contributed by atoms with Gasteiger partial charge >= 0.3 is 175 Å². The zero-order valence-corrected chi connectivity index (χ0v) is 17.3. The summed E-state index contributed by atoms with van der Waals surface area (Å²) in [5, 5.41) is 88.0. The fourth-order valence-electron chi connectivity index (χ4n) is 4.01. The van der Waals surface area contributed by atoms with Crippen molar-refractivity contribution in [1.82, 2.24) is 0 Å². The van der Waals surface area contributed by atoms with E-state index in [1.165, 1.54) is 0 Å². The van der Waals surface area contributed by atoms with Crippen molar-refractivity contribution < 1.29 is 73.1 Å². The molecule has 15 nitrogen and oxygen atoms in total. The van der Waals surface area contributed by atoms with E-state index in [1.807, 2.05) is 0 Å². The van der Waals surface area contributed by atoms with Crippen LogP contribution in [-0.2, 0) is 27.1 Å². The van der Waals surface area contributed by atoms with Crippen molar-refractivity contribution in [3.05, 3.63) is 0 Å². The van der Waals surface area contributed by atoms with E-state index in [9.17, 15) is 46.0 Å². The van der Waals surface area contributed by atoms with Crippen LogP contribution in [0.5, 0.6) is 0 Å². The Morgan fingerprint density at radius 2 is 0.742 bits per heavy atom. The minimum atomic E-state index is -6.65. The Hall–Kier alpha value is -0.170. The molecule has 16 heteroatoms. The molecule has 0 aromatic rings. The molecule has 0 bridgehead atoms. The van der Waals surface area contributed by atoms with Crippen LogP contribution >= 0.6 is 7.31 Å². The molecule has 0 aromatic carbocycles. The molecule has 0 aromatic heterocycles. The Morgan fingerprint density at radius 1 is 0.484 bits per heavy atom. The normalized spacial score (nSPS) is 43.3. The Kier molecular flexibility index (Phi) is 7.03. The van der Waals surface area contributed by atoms with E-state index < -0.39 is 102 Å². The van der Waals surface area contributed by atoms with Crippen molar-refractivity contribution in [1.29, 1.82) is 0 Å². The molecule has 3 fully saturated rings. The van der Waals surface area contributed by atoms with Crippen LogP contribution in [0.15, 0.2) is 0 Å². The fraction of sp³-hybridized carbons (Fsp3) is 1.00. The zero-order chi connectivity index (χ0) is 23.1. The average molecular weight is 481 g/mol. The van der Waals surface area contributed by atoms with Crippen molar-refractivity contribution >= 4 is 7.31 Å². The standard InChI is InChI=1S/C15H30O15P/c16-1-7(22)13-10(4-19)25-31(28-13,26-11(5-20)14(29-31)8(23)2-17)27-12(6-21)15(30-31)9(24)3-18/h7-24H,1-6H2/q-1. The SMILES string of the molecule is OCC(O)C1O[P-]23(OC1CO)(OC(CO)C(C(O)CO)O2)OC(CO)C(C(O)CO)O3. The summed E-state index contributed by atoms with van der Waals surface area (Å²) in [7, 11) is -6.65. The van der Waals surface area contributed by atoms with E-state index in [1.54, 1.807) is 0 Å². The Morgan fingerprint density at radius 3 is 0.935 bits per heavy atom. The first-order chi connectivity index (χ1) is 14.6. The van der Waals surface area contributed by atoms with Crippen LogP contribution in [0.25, 0.3) is 0 Å². The van der Waals surface area contributed by atoms with Crippen LogP contribution < -0.4 is 0 Å². The molecule has 9 N–H and O–H groups in total. The quantitative estimate of drug-likeness (QED) is 0.140. The molecule has 0 saturated carbocycles. The van der Waals surface area contributed by atoms with Crippen molar-refractivity contribution in [2.24, 2.45) is 0 Å². The van der Waals surface area contributed by atoms with Crippen LogP contribution in [0.2, 0.25) is 0 Å². The van der Waals surface area contributed by atoms with E-state index in [0.717, 1.165) is 0 Å². The van der Waals surface area contributed by atoms with Gasteiger partial charge in [-0.2, -0.15) is 0 Å². The van der Waals surface area contributed by atoms with Crippen molar-refractivity contribution in [2.75, 3.05) is 39.6 Å². The van der Waals surface area contributed by atoms with Gasteiger partial charge in [-0.1, -0.05) is 0 Å². The zero-order valence-electron chi connectivity index (χ0n) is 16.4. The van der Waals surface area contributed by atoms with Gasteiger partial charge in [0.1, 0.15) is 0 Å². The van der Waals surface area contributed by atoms with E-state index >= 15 is 0 Å². The maximum atomic E-state index is 10.2. The van der Waals surface area contributed by atoms with Crippen molar-refractivity contribution in [3.63, 3.8) is 0 Å². The van der Waals surface area contributed by atoms with Crippen LogP contribution in [0.1, 0.15) is 0 Å². The van der Waals surface area contributed by atoms with E-state index in [2.05, 4.69) is 0 Å². The van der Waals surface area contributed by atoms with E-state index in [4.69, 9.17) is 27.1 Å². The van der Waals surface area contributed by atoms with Crippen LogP contribution in [-0.4, -0.2) is 141 Å². The van der Waals surface area contributed by atoms with Crippen LogP contribution in [0.4, 0.5) is 0 Å². The van der Waals surface area contributed by atoms with Gasteiger partial charge in [-0.05, 0) is 0 Å². The summed E-state index contributed by atoms with van der Waals surface area (Å²) in [5.41, 5.74) is 0. The topological polar surface area (TPSA) is 237 Å². The van der Waals surface area contributed by atoms with Gasteiger partial charge < -0.3 is 0 Å². The Bertz CT molecular complexity index is 558. The summed E-state index contributed by atoms with van der Waals surface area (Å²) in [6.45, 7) is -5.08. The summed E-state index contributed by atoms with van der Waals surface area (Å²) >= 11 is 0. The van der Waals surface area contributed by atoms with Gasteiger partial charge in [-0.3, -0.25) is 0 Å². The average Bonchev–Trinajstić information content (AvgIpc) is 3.38. The third-order valence-electron chi connectivity index (χ3n) is 5.40. The number of aliphatic hydroxyl groups is 9. The third kappa shape index (κ3) is 3.81. The van der Waals surface area contributed by atoms with E-state index in [0.29, 0.717) is 0 Å². The summed E-state index contributed by atoms with van der Waals surface area (Å²) in [6, 6.07) is 0. The molecule has 3 aliphatic heterocycles. The predicted octanol–water partition coefficient (Wildman–Crippen LogP) is -5.05.